The summed E-state index contributed by atoms with van der Waals surface area (Å²) >= 11 is 0.849. The molecule has 0 fully saturated rings. The second-order valence-electron chi connectivity index (χ2n) is 3.34. The van der Waals surface area contributed by atoms with Crippen molar-refractivity contribution in [3.8, 4) is 11.4 Å². The van der Waals surface area contributed by atoms with Crippen molar-refractivity contribution in [3.05, 3.63) is 34.4 Å². The molecule has 9 heteroatoms. The predicted molar refractivity (Wildman–Crippen MR) is 64.7 cm³/mol. The number of rotatable bonds is 5. The number of thioether (sulfide) groups is 1. The van der Waals surface area contributed by atoms with Crippen molar-refractivity contribution in [1.29, 1.82) is 0 Å². The lowest BCUT2D eigenvalue weighted by Gasteiger charge is -1.96. The van der Waals surface area contributed by atoms with E-state index in [0.717, 1.165) is 11.8 Å². The van der Waals surface area contributed by atoms with Gasteiger partial charge in [-0.15, -0.1) is 0 Å². The minimum Gasteiger partial charge on any atom is -0.481 e. The van der Waals surface area contributed by atoms with Gasteiger partial charge in [-0.2, -0.15) is 4.98 Å². The van der Waals surface area contributed by atoms with Crippen LogP contribution in [0.1, 0.15) is 0 Å². The van der Waals surface area contributed by atoms with Gasteiger partial charge in [0.25, 0.3) is 10.9 Å². The van der Waals surface area contributed by atoms with E-state index in [9.17, 15) is 14.9 Å². The van der Waals surface area contributed by atoms with Crippen molar-refractivity contribution in [1.82, 2.24) is 10.1 Å². The van der Waals surface area contributed by atoms with Crippen molar-refractivity contribution in [2.24, 2.45) is 0 Å². The topological polar surface area (TPSA) is 119 Å². The van der Waals surface area contributed by atoms with Crippen LogP contribution in [0.4, 0.5) is 5.69 Å². The maximum absolute atomic E-state index is 10.9. The molecule has 1 aromatic heterocycles. The highest BCUT2D eigenvalue weighted by molar-refractivity contribution is 7.99. The molecule has 0 unspecified atom stereocenters. The highest BCUT2D eigenvalue weighted by Crippen LogP contribution is 2.28. The van der Waals surface area contributed by atoms with Crippen molar-refractivity contribution in [2.75, 3.05) is 5.75 Å². The normalized spacial score (nSPS) is 10.3. The van der Waals surface area contributed by atoms with Gasteiger partial charge < -0.3 is 9.63 Å². The predicted octanol–water partition coefficient (Wildman–Crippen LogP) is 1.82. The fourth-order valence-electron chi connectivity index (χ4n) is 1.32. The summed E-state index contributed by atoms with van der Waals surface area (Å²) in [5.74, 6) is -1.19. The first kappa shape index (κ1) is 13.0. The summed E-state index contributed by atoms with van der Waals surface area (Å²) in [6.45, 7) is 0. The number of carboxylic acids is 1. The Morgan fingerprint density at radius 2 is 2.21 bits per heavy atom. The summed E-state index contributed by atoms with van der Waals surface area (Å²) in [5, 5.41) is 23.0. The molecule has 1 heterocycles. The Labute approximate surface area is 110 Å². The highest BCUT2D eigenvalue weighted by Gasteiger charge is 2.19. The molecule has 0 radical (unpaired) electrons. The van der Waals surface area contributed by atoms with Gasteiger partial charge in [0.1, 0.15) is 11.3 Å². The number of hydrogen-bond acceptors (Lipinski definition) is 7. The zero-order chi connectivity index (χ0) is 13.8. The van der Waals surface area contributed by atoms with Crippen LogP contribution in [0.25, 0.3) is 11.4 Å². The average Bonchev–Trinajstić information content (AvgIpc) is 2.85. The lowest BCUT2D eigenvalue weighted by molar-refractivity contribution is -0.384. The van der Waals surface area contributed by atoms with Crippen molar-refractivity contribution in [2.45, 2.75) is 5.22 Å². The molecule has 0 saturated carbocycles. The summed E-state index contributed by atoms with van der Waals surface area (Å²) in [5.41, 5.74) is 0.0801. The van der Waals surface area contributed by atoms with Gasteiger partial charge in [-0.3, -0.25) is 14.9 Å². The second kappa shape index (κ2) is 5.48. The maximum Gasteiger partial charge on any atom is 0.314 e. The Hall–Kier alpha value is -2.42. The largest absolute Gasteiger partial charge is 0.481 e. The number of benzene rings is 1. The van der Waals surface area contributed by atoms with Crippen molar-refractivity contribution < 1.29 is 19.3 Å². The Balaban J connectivity index is 2.28. The average molecular weight is 281 g/mol. The number of nitro groups is 1. The molecular weight excluding hydrogens is 274 g/mol. The fourth-order valence-corrected chi connectivity index (χ4v) is 1.81. The van der Waals surface area contributed by atoms with Gasteiger partial charge in [0.05, 0.1) is 4.92 Å². The number of nitro benzene ring substituents is 1. The van der Waals surface area contributed by atoms with E-state index in [4.69, 9.17) is 9.63 Å². The molecule has 0 aliphatic heterocycles. The van der Waals surface area contributed by atoms with Crippen LogP contribution < -0.4 is 0 Å². The van der Waals surface area contributed by atoms with Crippen molar-refractivity contribution in [3.63, 3.8) is 0 Å². The van der Waals surface area contributed by atoms with Crippen LogP contribution in [0.5, 0.6) is 0 Å². The van der Waals surface area contributed by atoms with E-state index in [1.165, 1.54) is 18.2 Å². The van der Waals surface area contributed by atoms with E-state index in [2.05, 4.69) is 10.1 Å². The number of nitrogens with zero attached hydrogens (tertiary/aromatic N) is 3. The monoisotopic (exact) mass is 281 g/mol. The smallest absolute Gasteiger partial charge is 0.314 e. The summed E-state index contributed by atoms with van der Waals surface area (Å²) in [7, 11) is 0. The molecule has 98 valence electrons. The van der Waals surface area contributed by atoms with Crippen LogP contribution in [0.3, 0.4) is 0 Å². The SMILES string of the molecule is O=C(O)CSc1nc(-c2ccccc2[N+](=O)[O-])no1. The summed E-state index contributed by atoms with van der Waals surface area (Å²) in [6.07, 6.45) is 0. The number of hydrogen-bond donors (Lipinski definition) is 1. The first-order valence-electron chi connectivity index (χ1n) is 5.00. The summed E-state index contributed by atoms with van der Waals surface area (Å²) in [4.78, 5) is 24.6. The van der Waals surface area contributed by atoms with E-state index in [0.29, 0.717) is 0 Å². The lowest BCUT2D eigenvalue weighted by atomic mass is 10.2. The minimum atomic E-state index is -1.02. The number of para-hydroxylation sites is 1. The van der Waals surface area contributed by atoms with Crippen LogP contribution >= 0.6 is 11.8 Å². The number of carboxylic acid groups (broad SMARTS) is 1. The van der Waals surface area contributed by atoms with Crippen molar-refractivity contribution >= 4 is 23.4 Å². The molecule has 0 spiro atoms. The van der Waals surface area contributed by atoms with Gasteiger partial charge in [0, 0.05) is 6.07 Å². The fraction of sp³-hybridized carbons (Fsp3) is 0.100. The van der Waals surface area contributed by atoms with Gasteiger partial charge >= 0.3 is 5.97 Å². The molecular formula is C10H7N3O5S. The summed E-state index contributed by atoms with van der Waals surface area (Å²) in [6, 6.07) is 5.97. The van der Waals surface area contributed by atoms with E-state index < -0.39 is 10.9 Å². The molecule has 0 bridgehead atoms. The van der Waals surface area contributed by atoms with Crippen LogP contribution in [0, 0.1) is 10.1 Å². The van der Waals surface area contributed by atoms with Gasteiger partial charge in [-0.05, 0) is 6.07 Å². The molecule has 0 amide bonds. The number of aromatic nitrogens is 2. The Bertz CT molecular complexity index is 627. The molecule has 8 nitrogen and oxygen atoms in total. The molecule has 1 aromatic carbocycles. The Kier molecular flexibility index (Phi) is 3.76. The molecule has 0 saturated heterocycles. The third-order valence-corrected chi connectivity index (χ3v) is 2.87. The van der Waals surface area contributed by atoms with Gasteiger partial charge in [-0.25, -0.2) is 0 Å². The Morgan fingerprint density at radius 1 is 1.47 bits per heavy atom. The molecule has 0 aliphatic rings. The minimum absolute atomic E-state index is 0.0514. The molecule has 2 aromatic rings. The molecule has 19 heavy (non-hydrogen) atoms. The first-order chi connectivity index (χ1) is 9.08. The second-order valence-corrected chi connectivity index (χ2v) is 4.27. The lowest BCUT2D eigenvalue weighted by Crippen LogP contribution is -1.97. The molecule has 2 rings (SSSR count). The van der Waals surface area contributed by atoms with Gasteiger partial charge in [0.2, 0.25) is 5.82 Å². The standard InChI is InChI=1S/C10H7N3O5S/c14-8(15)5-19-10-11-9(12-18-10)6-3-1-2-4-7(6)13(16)17/h1-4H,5H2,(H,14,15). The molecule has 1 N–H and O–H groups in total. The zero-order valence-corrected chi connectivity index (χ0v) is 10.2. The van der Waals surface area contributed by atoms with Crippen LogP contribution in [0.15, 0.2) is 34.0 Å². The quantitative estimate of drug-likeness (QED) is 0.500. The third-order valence-electron chi connectivity index (χ3n) is 2.07. The van der Waals surface area contributed by atoms with Gasteiger partial charge in [-0.1, -0.05) is 29.1 Å². The first-order valence-corrected chi connectivity index (χ1v) is 5.98. The zero-order valence-electron chi connectivity index (χ0n) is 9.35. The molecule has 0 aliphatic carbocycles. The van der Waals surface area contributed by atoms with Crippen LogP contribution in [-0.4, -0.2) is 31.9 Å². The van der Waals surface area contributed by atoms with Crippen LogP contribution in [-0.2, 0) is 4.79 Å². The van der Waals surface area contributed by atoms with E-state index in [-0.39, 0.29) is 28.1 Å². The highest BCUT2D eigenvalue weighted by atomic mass is 32.2. The van der Waals surface area contributed by atoms with Gasteiger partial charge in [0.15, 0.2) is 0 Å². The summed E-state index contributed by atoms with van der Waals surface area (Å²) < 4.78 is 4.82. The van der Waals surface area contributed by atoms with E-state index in [1.807, 2.05) is 0 Å². The van der Waals surface area contributed by atoms with E-state index in [1.54, 1.807) is 6.07 Å². The third kappa shape index (κ3) is 3.07. The Morgan fingerprint density at radius 3 is 2.89 bits per heavy atom. The number of aliphatic carboxylic acids is 1. The maximum atomic E-state index is 10.9. The van der Waals surface area contributed by atoms with Crippen LogP contribution in [0.2, 0.25) is 0 Å². The molecule has 0 atom stereocenters. The number of carbonyl (C=O) groups is 1. The van der Waals surface area contributed by atoms with E-state index >= 15 is 0 Å².